The molecule has 0 bridgehead atoms. The average Bonchev–Trinajstić information content (AvgIpc) is 3.23. The minimum Gasteiger partial charge on any atom is -0.353 e. The minimum absolute atomic E-state index is 0.0310. The van der Waals surface area contributed by atoms with Gasteiger partial charge in [-0.15, -0.1) is 0 Å². The number of aromatic nitrogens is 4. The third kappa shape index (κ3) is 3.21. The Morgan fingerprint density at radius 2 is 1.72 bits per heavy atom. The predicted octanol–water partition coefficient (Wildman–Crippen LogP) is 1.62. The van der Waals surface area contributed by atoms with E-state index in [0.717, 1.165) is 24.7 Å². The quantitative estimate of drug-likeness (QED) is 0.728. The van der Waals surface area contributed by atoms with Crippen molar-refractivity contribution in [2.45, 2.75) is 0 Å². The second-order valence-corrected chi connectivity index (χ2v) is 5.85. The molecule has 0 spiro atoms. The number of piperazine rings is 1. The molecule has 0 saturated carbocycles. The molecule has 1 saturated heterocycles. The van der Waals surface area contributed by atoms with Crippen LogP contribution in [0.1, 0.15) is 10.4 Å². The number of carbonyl (C=O) groups is 1. The zero-order valence-corrected chi connectivity index (χ0v) is 13.7. The molecule has 1 aliphatic heterocycles. The molecule has 0 atom stereocenters. The lowest BCUT2D eigenvalue weighted by atomic mass is 10.2. The number of nitrogens with zero attached hydrogens (tertiary/aromatic N) is 6. The fourth-order valence-corrected chi connectivity index (χ4v) is 2.95. The van der Waals surface area contributed by atoms with Crippen molar-refractivity contribution in [3.8, 4) is 5.82 Å². The van der Waals surface area contributed by atoms with Crippen molar-refractivity contribution in [2.75, 3.05) is 31.1 Å². The van der Waals surface area contributed by atoms with Crippen molar-refractivity contribution in [1.82, 2.24) is 24.4 Å². The van der Waals surface area contributed by atoms with Gasteiger partial charge < -0.3 is 14.4 Å². The predicted molar refractivity (Wildman–Crippen MR) is 93.7 cm³/mol. The van der Waals surface area contributed by atoms with E-state index in [1.165, 1.54) is 0 Å². The van der Waals surface area contributed by atoms with Crippen LogP contribution in [-0.2, 0) is 0 Å². The number of hydrogen-bond acceptors (Lipinski definition) is 5. The van der Waals surface area contributed by atoms with Gasteiger partial charge >= 0.3 is 0 Å². The van der Waals surface area contributed by atoms with Crippen molar-refractivity contribution in [3.05, 3.63) is 67.0 Å². The van der Waals surface area contributed by atoms with Crippen LogP contribution in [0.5, 0.6) is 0 Å². The van der Waals surface area contributed by atoms with E-state index >= 15 is 0 Å². The van der Waals surface area contributed by atoms with Crippen LogP contribution in [-0.4, -0.2) is 56.5 Å². The first kappa shape index (κ1) is 15.3. The summed E-state index contributed by atoms with van der Waals surface area (Å²) < 4.78 is 1.95. The molecule has 7 heteroatoms. The Labute approximate surface area is 145 Å². The molecule has 3 aromatic heterocycles. The zero-order valence-electron chi connectivity index (χ0n) is 13.7. The van der Waals surface area contributed by atoms with Gasteiger partial charge in [-0.1, -0.05) is 0 Å². The first-order chi connectivity index (χ1) is 12.3. The molecular formula is C18H18N6O. The molecule has 4 heterocycles. The van der Waals surface area contributed by atoms with Crippen molar-refractivity contribution < 1.29 is 4.79 Å². The topological polar surface area (TPSA) is 67.2 Å². The summed E-state index contributed by atoms with van der Waals surface area (Å²) in [6.45, 7) is 2.81. The van der Waals surface area contributed by atoms with Crippen molar-refractivity contribution in [1.29, 1.82) is 0 Å². The van der Waals surface area contributed by atoms with E-state index in [1.807, 2.05) is 40.1 Å². The van der Waals surface area contributed by atoms with Gasteiger partial charge in [0.05, 0.1) is 5.56 Å². The summed E-state index contributed by atoms with van der Waals surface area (Å²) in [4.78, 5) is 29.3. The monoisotopic (exact) mass is 334 g/mol. The molecular weight excluding hydrogens is 316 g/mol. The van der Waals surface area contributed by atoms with E-state index in [-0.39, 0.29) is 5.91 Å². The Bertz CT molecular complexity index is 841. The van der Waals surface area contributed by atoms with E-state index in [2.05, 4.69) is 19.9 Å². The summed E-state index contributed by atoms with van der Waals surface area (Å²) in [5.41, 5.74) is 0.632. The molecule has 25 heavy (non-hydrogen) atoms. The minimum atomic E-state index is 0.0310. The van der Waals surface area contributed by atoms with Crippen LogP contribution < -0.4 is 4.90 Å². The van der Waals surface area contributed by atoms with Crippen LogP contribution in [0, 0.1) is 0 Å². The number of rotatable bonds is 3. The third-order valence-corrected chi connectivity index (χ3v) is 4.31. The Balaban J connectivity index is 1.44. The average molecular weight is 334 g/mol. The Kier molecular flexibility index (Phi) is 4.12. The lowest BCUT2D eigenvalue weighted by molar-refractivity contribution is 0.0746. The summed E-state index contributed by atoms with van der Waals surface area (Å²) in [5.74, 6) is 1.75. The zero-order chi connectivity index (χ0) is 17.1. The number of amides is 1. The lowest BCUT2D eigenvalue weighted by Gasteiger charge is -2.35. The van der Waals surface area contributed by atoms with E-state index < -0.39 is 0 Å². The van der Waals surface area contributed by atoms with E-state index in [0.29, 0.717) is 18.7 Å². The normalized spacial score (nSPS) is 14.6. The van der Waals surface area contributed by atoms with E-state index in [4.69, 9.17) is 0 Å². The summed E-state index contributed by atoms with van der Waals surface area (Å²) in [7, 11) is 0. The van der Waals surface area contributed by atoms with Crippen LogP contribution in [0.2, 0.25) is 0 Å². The fraction of sp³-hybridized carbons (Fsp3) is 0.222. The second kappa shape index (κ2) is 6.72. The fourth-order valence-electron chi connectivity index (χ4n) is 2.95. The summed E-state index contributed by atoms with van der Waals surface area (Å²) in [6.07, 6.45) is 8.78. The van der Waals surface area contributed by atoms with Gasteiger partial charge in [0.15, 0.2) is 0 Å². The van der Waals surface area contributed by atoms with Gasteiger partial charge in [-0.2, -0.15) is 0 Å². The Morgan fingerprint density at radius 3 is 2.44 bits per heavy atom. The van der Waals surface area contributed by atoms with Crippen LogP contribution in [0.25, 0.3) is 5.82 Å². The maximum atomic E-state index is 12.5. The van der Waals surface area contributed by atoms with Crippen molar-refractivity contribution in [3.63, 3.8) is 0 Å². The molecule has 1 amide bonds. The van der Waals surface area contributed by atoms with Gasteiger partial charge in [0.1, 0.15) is 18.0 Å². The van der Waals surface area contributed by atoms with E-state index in [9.17, 15) is 4.79 Å². The maximum absolute atomic E-state index is 12.5. The highest BCUT2D eigenvalue weighted by molar-refractivity contribution is 5.94. The highest BCUT2D eigenvalue weighted by Crippen LogP contribution is 2.17. The van der Waals surface area contributed by atoms with Gasteiger partial charge in [0.25, 0.3) is 5.91 Å². The molecule has 0 radical (unpaired) electrons. The molecule has 0 N–H and O–H groups in total. The number of hydrogen-bond donors (Lipinski definition) is 0. The molecule has 4 rings (SSSR count). The van der Waals surface area contributed by atoms with E-state index in [1.54, 1.807) is 30.9 Å². The molecule has 0 aliphatic carbocycles. The maximum Gasteiger partial charge on any atom is 0.255 e. The SMILES string of the molecule is O=C(c1cccnc1)N1CCN(c2cc(-n3cccc3)ncn2)CC1. The first-order valence-electron chi connectivity index (χ1n) is 8.21. The lowest BCUT2D eigenvalue weighted by Crippen LogP contribution is -2.49. The molecule has 7 nitrogen and oxygen atoms in total. The van der Waals surface area contributed by atoms with Crippen molar-refractivity contribution in [2.24, 2.45) is 0 Å². The highest BCUT2D eigenvalue weighted by Gasteiger charge is 2.23. The van der Waals surface area contributed by atoms with Gasteiger partial charge in [0.2, 0.25) is 0 Å². The molecule has 126 valence electrons. The van der Waals surface area contributed by atoms with Gasteiger partial charge in [-0.25, -0.2) is 9.97 Å². The number of pyridine rings is 1. The Morgan fingerprint density at radius 1 is 0.960 bits per heavy atom. The standard InChI is InChI=1S/C18H18N6O/c25-18(15-4-3-5-19-13-15)24-10-8-23(9-11-24)17-12-16(20-14-21-17)22-6-1-2-7-22/h1-7,12-14H,8-11H2. The van der Waals surface area contributed by atoms with Crippen LogP contribution in [0.4, 0.5) is 5.82 Å². The molecule has 3 aromatic rings. The van der Waals surface area contributed by atoms with Crippen LogP contribution in [0.15, 0.2) is 61.4 Å². The Hall–Kier alpha value is -3.22. The van der Waals surface area contributed by atoms with Crippen molar-refractivity contribution >= 4 is 11.7 Å². The number of anilines is 1. The van der Waals surface area contributed by atoms with Gasteiger partial charge in [0, 0.05) is 57.0 Å². The van der Waals surface area contributed by atoms with Crippen LogP contribution >= 0.6 is 0 Å². The third-order valence-electron chi connectivity index (χ3n) is 4.31. The second-order valence-electron chi connectivity index (χ2n) is 5.85. The molecule has 1 aliphatic rings. The molecule has 0 aromatic carbocycles. The van der Waals surface area contributed by atoms with Gasteiger partial charge in [-0.05, 0) is 24.3 Å². The number of carbonyl (C=O) groups excluding carboxylic acids is 1. The first-order valence-corrected chi connectivity index (χ1v) is 8.21. The van der Waals surface area contributed by atoms with Crippen LogP contribution in [0.3, 0.4) is 0 Å². The summed E-state index contributed by atoms with van der Waals surface area (Å²) >= 11 is 0. The highest BCUT2D eigenvalue weighted by atomic mass is 16.2. The largest absolute Gasteiger partial charge is 0.353 e. The summed E-state index contributed by atoms with van der Waals surface area (Å²) in [6, 6.07) is 9.48. The molecule has 0 unspecified atom stereocenters. The molecule has 1 fully saturated rings. The smallest absolute Gasteiger partial charge is 0.255 e. The van der Waals surface area contributed by atoms with Gasteiger partial charge in [-0.3, -0.25) is 9.78 Å². The summed E-state index contributed by atoms with van der Waals surface area (Å²) in [5, 5.41) is 0.